The number of hydrogen-bond donors (Lipinski definition) is 0. The molecule has 4 saturated carbocycles. The maximum Gasteiger partial charge on any atom is 0.243 e. The van der Waals surface area contributed by atoms with Gasteiger partial charge in [0.05, 0.1) is 4.90 Å². The molecule has 4 bridgehead atoms. The van der Waals surface area contributed by atoms with Gasteiger partial charge in [0.25, 0.3) is 0 Å². The van der Waals surface area contributed by atoms with E-state index in [9.17, 15) is 8.42 Å². The molecule has 0 radical (unpaired) electrons. The molecule has 6 rings (SSSR count). The first-order valence-electron chi connectivity index (χ1n) is 11.7. The molecule has 1 aromatic rings. The zero-order chi connectivity index (χ0) is 20.2. The molecule has 4 nitrogen and oxygen atoms in total. The molecule has 1 heterocycles. The van der Waals surface area contributed by atoms with Crippen molar-refractivity contribution in [2.24, 2.45) is 29.6 Å². The average Bonchev–Trinajstić information content (AvgIpc) is 2.67. The van der Waals surface area contributed by atoms with Crippen LogP contribution in [-0.2, 0) is 16.4 Å². The van der Waals surface area contributed by atoms with E-state index < -0.39 is 10.0 Å². The lowest BCUT2D eigenvalue weighted by Gasteiger charge is -2.58. The molecule has 160 valence electrons. The van der Waals surface area contributed by atoms with Crippen LogP contribution in [0.2, 0.25) is 0 Å². The van der Waals surface area contributed by atoms with Gasteiger partial charge in [-0.25, -0.2) is 8.42 Å². The molecule has 0 spiro atoms. The van der Waals surface area contributed by atoms with Crippen molar-refractivity contribution in [3.63, 3.8) is 0 Å². The van der Waals surface area contributed by atoms with Gasteiger partial charge in [0.2, 0.25) is 10.0 Å². The Labute approximate surface area is 176 Å². The Morgan fingerprint density at radius 1 is 0.862 bits per heavy atom. The van der Waals surface area contributed by atoms with Crippen LogP contribution in [-0.4, -0.2) is 49.8 Å². The van der Waals surface area contributed by atoms with Crippen LogP contribution in [0, 0.1) is 29.6 Å². The summed E-state index contributed by atoms with van der Waals surface area (Å²) in [6.45, 7) is 7.45. The van der Waals surface area contributed by atoms with E-state index in [4.69, 9.17) is 0 Å². The van der Waals surface area contributed by atoms with Crippen molar-refractivity contribution in [1.82, 2.24) is 9.21 Å². The number of sulfonamides is 1. The Morgan fingerprint density at radius 3 is 1.93 bits per heavy atom. The predicted molar refractivity (Wildman–Crippen MR) is 116 cm³/mol. The van der Waals surface area contributed by atoms with Crippen molar-refractivity contribution in [3.8, 4) is 0 Å². The van der Waals surface area contributed by atoms with E-state index >= 15 is 0 Å². The molecule has 1 aromatic carbocycles. The minimum atomic E-state index is -3.38. The third-order valence-electron chi connectivity index (χ3n) is 8.08. The van der Waals surface area contributed by atoms with E-state index in [0.29, 0.717) is 23.9 Å². The fourth-order valence-corrected chi connectivity index (χ4v) is 8.57. The highest BCUT2D eigenvalue weighted by Gasteiger charge is 2.50. The zero-order valence-corrected chi connectivity index (χ0v) is 18.8. The van der Waals surface area contributed by atoms with Crippen LogP contribution in [0.25, 0.3) is 0 Å². The molecule has 0 amide bonds. The van der Waals surface area contributed by atoms with E-state index in [1.165, 1.54) is 37.7 Å². The summed E-state index contributed by atoms with van der Waals surface area (Å²) in [7, 11) is -3.38. The van der Waals surface area contributed by atoms with E-state index in [1.807, 2.05) is 12.1 Å². The predicted octanol–water partition coefficient (Wildman–Crippen LogP) is 4.02. The van der Waals surface area contributed by atoms with Crippen molar-refractivity contribution in [2.75, 3.05) is 26.2 Å². The van der Waals surface area contributed by atoms with Crippen LogP contribution in [0.1, 0.15) is 51.5 Å². The molecule has 1 aliphatic heterocycles. The fourth-order valence-electron chi connectivity index (χ4n) is 7.15. The van der Waals surface area contributed by atoms with Gasteiger partial charge in [-0.15, -0.1) is 0 Å². The molecule has 4 aliphatic carbocycles. The number of hydrogen-bond acceptors (Lipinski definition) is 3. The smallest absolute Gasteiger partial charge is 0.243 e. The van der Waals surface area contributed by atoms with Gasteiger partial charge in [-0.1, -0.05) is 26.0 Å². The Morgan fingerprint density at radius 2 is 1.41 bits per heavy atom. The van der Waals surface area contributed by atoms with Crippen LogP contribution in [0.5, 0.6) is 0 Å². The van der Waals surface area contributed by atoms with Crippen LogP contribution in [0.15, 0.2) is 29.2 Å². The highest BCUT2D eigenvalue weighted by molar-refractivity contribution is 7.89. The van der Waals surface area contributed by atoms with Crippen LogP contribution in [0.3, 0.4) is 0 Å². The molecule has 0 atom stereocenters. The summed E-state index contributed by atoms with van der Waals surface area (Å²) in [5, 5.41) is 0. The van der Waals surface area contributed by atoms with Crippen LogP contribution < -0.4 is 0 Å². The van der Waals surface area contributed by atoms with Crippen molar-refractivity contribution >= 4 is 10.0 Å². The first-order chi connectivity index (χ1) is 13.9. The first-order valence-corrected chi connectivity index (χ1v) is 13.2. The first kappa shape index (κ1) is 20.0. The fraction of sp³-hybridized carbons (Fsp3) is 0.750. The molecule has 1 saturated heterocycles. The lowest BCUT2D eigenvalue weighted by atomic mass is 9.54. The second kappa shape index (κ2) is 7.65. The van der Waals surface area contributed by atoms with Gasteiger partial charge in [0.15, 0.2) is 0 Å². The third kappa shape index (κ3) is 3.79. The highest BCUT2D eigenvalue weighted by atomic mass is 32.2. The Balaban J connectivity index is 1.23. The number of rotatable bonds is 5. The molecular formula is C24H36N2O2S. The average molecular weight is 417 g/mol. The summed E-state index contributed by atoms with van der Waals surface area (Å²) in [5.41, 5.74) is 1.21. The van der Waals surface area contributed by atoms with Crippen LogP contribution >= 0.6 is 0 Å². The minimum absolute atomic E-state index is 0.452. The summed E-state index contributed by atoms with van der Waals surface area (Å²) < 4.78 is 28.0. The second-order valence-electron chi connectivity index (χ2n) is 10.6. The summed E-state index contributed by atoms with van der Waals surface area (Å²) in [4.78, 5) is 3.11. The monoisotopic (exact) mass is 416 g/mol. The van der Waals surface area contributed by atoms with E-state index in [2.05, 4.69) is 18.7 Å². The van der Waals surface area contributed by atoms with Gasteiger partial charge >= 0.3 is 0 Å². The summed E-state index contributed by atoms with van der Waals surface area (Å²) in [6, 6.07) is 8.30. The van der Waals surface area contributed by atoms with Gasteiger partial charge in [-0.05, 0) is 85.8 Å². The molecule has 0 unspecified atom stereocenters. The highest BCUT2D eigenvalue weighted by Crippen LogP contribution is 2.55. The number of benzene rings is 1. The molecule has 5 fully saturated rings. The van der Waals surface area contributed by atoms with Gasteiger partial charge in [0.1, 0.15) is 0 Å². The van der Waals surface area contributed by atoms with Gasteiger partial charge in [-0.3, -0.25) is 4.90 Å². The normalized spacial score (nSPS) is 35.5. The minimum Gasteiger partial charge on any atom is -0.297 e. The van der Waals surface area contributed by atoms with Gasteiger partial charge in [0, 0.05) is 32.2 Å². The summed E-state index contributed by atoms with van der Waals surface area (Å²) in [6.07, 6.45) is 8.20. The van der Waals surface area contributed by atoms with Gasteiger partial charge in [-0.2, -0.15) is 4.31 Å². The van der Waals surface area contributed by atoms with Crippen molar-refractivity contribution in [1.29, 1.82) is 0 Å². The van der Waals surface area contributed by atoms with Crippen molar-refractivity contribution < 1.29 is 8.42 Å². The molecule has 29 heavy (non-hydrogen) atoms. The maximum absolute atomic E-state index is 13.2. The SMILES string of the molecule is CC(C)Cc1ccc(S(=O)(=O)N2CCN(C3C4CC5CC(C4)CC3C5)CC2)cc1. The lowest BCUT2D eigenvalue weighted by molar-refractivity contribution is -0.0720. The Bertz CT molecular complexity index is 797. The van der Waals surface area contributed by atoms with E-state index in [0.717, 1.165) is 49.2 Å². The van der Waals surface area contributed by atoms with E-state index in [-0.39, 0.29) is 0 Å². The topological polar surface area (TPSA) is 40.6 Å². The quantitative estimate of drug-likeness (QED) is 0.728. The Hall–Kier alpha value is -0.910. The zero-order valence-electron chi connectivity index (χ0n) is 18.0. The van der Waals surface area contributed by atoms with Crippen molar-refractivity contribution in [3.05, 3.63) is 29.8 Å². The number of piperazine rings is 1. The molecule has 5 aliphatic rings. The molecular weight excluding hydrogens is 380 g/mol. The number of nitrogens with zero attached hydrogens (tertiary/aromatic N) is 2. The van der Waals surface area contributed by atoms with Crippen molar-refractivity contribution in [2.45, 2.75) is 63.3 Å². The molecule has 0 aromatic heterocycles. The van der Waals surface area contributed by atoms with Crippen LogP contribution in [0.4, 0.5) is 0 Å². The molecule has 0 N–H and O–H groups in total. The summed E-state index contributed by atoms with van der Waals surface area (Å²) in [5.74, 6) is 4.32. The standard InChI is InChI=1S/C24H36N2O2S/c1-17(2)11-18-3-5-23(6-4-18)29(27,28)26-9-7-25(8-10-26)24-21-13-19-12-20(15-21)16-22(24)14-19/h3-6,17,19-22,24H,7-16H2,1-2H3. The second-order valence-corrected chi connectivity index (χ2v) is 12.5. The van der Waals surface area contributed by atoms with Gasteiger partial charge < -0.3 is 0 Å². The Kier molecular flexibility index (Phi) is 5.28. The summed E-state index contributed by atoms with van der Waals surface area (Å²) >= 11 is 0. The lowest BCUT2D eigenvalue weighted by Crippen LogP contribution is -2.60. The van der Waals surface area contributed by atoms with E-state index in [1.54, 1.807) is 16.4 Å². The third-order valence-corrected chi connectivity index (χ3v) is 9.99. The maximum atomic E-state index is 13.2. The molecule has 5 heteroatoms. The largest absolute Gasteiger partial charge is 0.297 e.